The third-order valence-corrected chi connectivity index (χ3v) is 5.87. The first-order valence-electron chi connectivity index (χ1n) is 8.81. The van der Waals surface area contributed by atoms with E-state index in [1.165, 1.54) is 12.1 Å². The summed E-state index contributed by atoms with van der Waals surface area (Å²) in [4.78, 5) is 23.8. The minimum Gasteiger partial charge on any atom is -0.428 e. The van der Waals surface area contributed by atoms with Crippen molar-refractivity contribution in [3.63, 3.8) is 0 Å². The van der Waals surface area contributed by atoms with Crippen LogP contribution in [0.1, 0.15) is 32.8 Å². The Morgan fingerprint density at radius 3 is 2.24 bits per heavy atom. The zero-order chi connectivity index (χ0) is 22.4. The first-order chi connectivity index (χ1) is 13.2. The predicted octanol–water partition coefficient (Wildman–Crippen LogP) is 0.816. The van der Waals surface area contributed by atoms with Gasteiger partial charge < -0.3 is 26.3 Å². The summed E-state index contributed by atoms with van der Waals surface area (Å²) in [7, 11) is -3.92. The maximum atomic E-state index is 13.0. The van der Waals surface area contributed by atoms with Crippen molar-refractivity contribution in [2.24, 2.45) is 11.5 Å². The van der Waals surface area contributed by atoms with Gasteiger partial charge in [-0.2, -0.15) is 0 Å². The molecule has 0 saturated heterocycles. The molecule has 0 saturated carbocycles. The van der Waals surface area contributed by atoms with Crippen molar-refractivity contribution in [1.82, 2.24) is 5.32 Å². The van der Waals surface area contributed by atoms with E-state index >= 15 is 0 Å². The fourth-order valence-electron chi connectivity index (χ4n) is 2.27. The fourth-order valence-corrected chi connectivity index (χ4v) is 3.94. The van der Waals surface area contributed by atoms with Crippen LogP contribution >= 0.6 is 0 Å². The number of sulfone groups is 1. The van der Waals surface area contributed by atoms with Gasteiger partial charge in [-0.15, -0.1) is 0 Å². The number of rotatable bonds is 7. The summed E-state index contributed by atoms with van der Waals surface area (Å²) < 4.78 is 35.4. The minimum atomic E-state index is -3.92. The second-order valence-electron chi connectivity index (χ2n) is 7.50. The van der Waals surface area contributed by atoms with Crippen LogP contribution in [0.2, 0.25) is 0 Å². The smallest absolute Gasteiger partial charge is 0.428 e. The largest absolute Gasteiger partial charge is 0.516 e. The first kappa shape index (κ1) is 24.4. The highest BCUT2D eigenvalue weighted by Crippen LogP contribution is 2.20. The highest BCUT2D eigenvalue weighted by molar-refractivity contribution is 7.92. The normalized spacial score (nSPS) is 13.8. The lowest BCUT2D eigenvalue weighted by molar-refractivity contribution is -0.143. The monoisotopic (exact) mass is 428 g/mol. The van der Waals surface area contributed by atoms with Crippen LogP contribution in [-0.4, -0.2) is 49.9 Å². The van der Waals surface area contributed by atoms with Crippen molar-refractivity contribution in [3.05, 3.63) is 29.8 Å². The molecule has 0 heterocycles. The molecule has 0 bridgehead atoms. The number of carbonyl (C=O) groups is 2. The number of nitrogens with one attached hydrogen (secondary N) is 2. The van der Waals surface area contributed by atoms with Gasteiger partial charge in [0, 0.05) is 6.54 Å². The lowest BCUT2D eigenvalue weighted by Crippen LogP contribution is -2.45. The maximum Gasteiger partial charge on any atom is 0.516 e. The van der Waals surface area contributed by atoms with Gasteiger partial charge in [-0.25, -0.2) is 18.0 Å². The molecule has 1 aromatic carbocycles. The van der Waals surface area contributed by atoms with E-state index in [1.54, 1.807) is 32.9 Å². The van der Waals surface area contributed by atoms with Crippen molar-refractivity contribution in [1.29, 1.82) is 5.41 Å². The number of ether oxygens (including phenoxy) is 2. The minimum absolute atomic E-state index is 0.0335. The maximum absolute atomic E-state index is 13.0. The molecule has 2 atom stereocenters. The quantitative estimate of drug-likeness (QED) is 0.212. The van der Waals surface area contributed by atoms with Crippen LogP contribution in [0.5, 0.6) is 0 Å². The van der Waals surface area contributed by atoms with Crippen molar-refractivity contribution in [2.75, 3.05) is 6.54 Å². The van der Waals surface area contributed by atoms with Gasteiger partial charge in [-0.3, -0.25) is 5.41 Å². The van der Waals surface area contributed by atoms with Gasteiger partial charge in [0.25, 0.3) is 0 Å². The zero-order valence-corrected chi connectivity index (χ0v) is 17.7. The molecule has 0 aliphatic rings. The third-order valence-electron chi connectivity index (χ3n) is 3.70. The number of guanidine groups is 1. The molecular formula is C18H28N4O6S. The predicted molar refractivity (Wildman–Crippen MR) is 107 cm³/mol. The lowest BCUT2D eigenvalue weighted by Gasteiger charge is -2.22. The molecule has 0 fully saturated rings. The summed E-state index contributed by atoms with van der Waals surface area (Å²) in [6, 6.07) is 4.74. The molecule has 0 aliphatic heterocycles. The van der Waals surface area contributed by atoms with E-state index < -0.39 is 44.8 Å². The Bertz CT molecular complexity index is 846. The molecule has 0 spiro atoms. The van der Waals surface area contributed by atoms with Gasteiger partial charge in [0.2, 0.25) is 0 Å². The Kier molecular flexibility index (Phi) is 8.15. The number of nitrogens with two attached hydrogens (primary N) is 2. The summed E-state index contributed by atoms with van der Waals surface area (Å²) in [6.07, 6.45) is -1.59. The zero-order valence-electron chi connectivity index (χ0n) is 16.9. The average molecular weight is 429 g/mol. The van der Waals surface area contributed by atoms with Crippen LogP contribution in [0.15, 0.2) is 29.2 Å². The number of hydrogen-bond acceptors (Lipinski definition) is 8. The molecular weight excluding hydrogens is 400 g/mol. The van der Waals surface area contributed by atoms with E-state index in [-0.39, 0.29) is 17.9 Å². The average Bonchev–Trinajstić information content (AvgIpc) is 2.56. The van der Waals surface area contributed by atoms with E-state index in [2.05, 4.69) is 10.1 Å². The highest BCUT2D eigenvalue weighted by atomic mass is 32.2. The number of carbonyl (C=O) groups excluding carboxylic acids is 2. The van der Waals surface area contributed by atoms with Crippen LogP contribution in [0.25, 0.3) is 0 Å². The summed E-state index contributed by atoms with van der Waals surface area (Å²) in [5.74, 6) is -1.55. The molecule has 1 unspecified atom stereocenters. The number of aryl methyl sites for hydroxylation is 1. The highest BCUT2D eigenvalue weighted by Gasteiger charge is 2.33. The molecule has 0 aliphatic carbocycles. The number of benzene rings is 1. The molecule has 29 heavy (non-hydrogen) atoms. The first-order valence-corrected chi connectivity index (χ1v) is 10.4. The molecule has 162 valence electrons. The molecule has 1 rings (SSSR count). The van der Waals surface area contributed by atoms with Crippen molar-refractivity contribution >= 4 is 27.9 Å². The molecule has 6 N–H and O–H groups in total. The number of esters is 1. The Balaban J connectivity index is 2.97. The SMILES string of the molecule is Cc1ccc(S(=O)(=O)C(CNC(=N)N)C[C@H](N)C(=O)OC(=O)OC(C)(C)C)cc1. The van der Waals surface area contributed by atoms with Gasteiger partial charge in [0.05, 0.1) is 10.1 Å². The van der Waals surface area contributed by atoms with E-state index in [0.29, 0.717) is 0 Å². The van der Waals surface area contributed by atoms with Gasteiger partial charge in [-0.1, -0.05) is 17.7 Å². The van der Waals surface area contributed by atoms with Crippen LogP contribution in [0, 0.1) is 12.3 Å². The summed E-state index contributed by atoms with van der Waals surface area (Å²) in [6.45, 7) is 6.34. The van der Waals surface area contributed by atoms with Gasteiger partial charge in [-0.05, 0) is 46.2 Å². The molecule has 11 heteroatoms. The standard InChI is InChI=1S/C18H28N4O6S/c1-11-5-7-12(8-6-11)29(25,26)13(10-22-16(20)21)9-14(19)15(23)27-17(24)28-18(2,3)4/h5-8,13-14H,9-10,19H2,1-4H3,(H4,20,21,22)/t13?,14-/m0/s1. The molecule has 0 aromatic heterocycles. The second-order valence-corrected chi connectivity index (χ2v) is 9.73. The van der Waals surface area contributed by atoms with Crippen molar-refractivity contribution in [2.45, 2.75) is 55.9 Å². The van der Waals surface area contributed by atoms with E-state index in [0.717, 1.165) is 5.56 Å². The van der Waals surface area contributed by atoms with Crippen LogP contribution < -0.4 is 16.8 Å². The molecule has 1 aromatic rings. The Morgan fingerprint density at radius 1 is 1.21 bits per heavy atom. The van der Waals surface area contributed by atoms with Crippen LogP contribution in [-0.2, 0) is 24.1 Å². The van der Waals surface area contributed by atoms with Gasteiger partial charge in [0.1, 0.15) is 11.6 Å². The van der Waals surface area contributed by atoms with Crippen LogP contribution in [0.4, 0.5) is 4.79 Å². The van der Waals surface area contributed by atoms with Crippen molar-refractivity contribution in [3.8, 4) is 0 Å². The number of hydrogen-bond donors (Lipinski definition) is 4. The summed E-state index contributed by atoms with van der Waals surface area (Å²) >= 11 is 0. The Morgan fingerprint density at radius 2 is 1.76 bits per heavy atom. The Hall–Kier alpha value is -2.66. The van der Waals surface area contributed by atoms with Gasteiger partial charge >= 0.3 is 12.1 Å². The molecule has 0 radical (unpaired) electrons. The fraction of sp³-hybridized carbons (Fsp3) is 0.500. The van der Waals surface area contributed by atoms with E-state index in [4.69, 9.17) is 21.6 Å². The summed E-state index contributed by atoms with van der Waals surface area (Å²) in [5.41, 5.74) is 11.0. The van der Waals surface area contributed by atoms with E-state index in [1.807, 2.05) is 6.92 Å². The third kappa shape index (κ3) is 8.08. The summed E-state index contributed by atoms with van der Waals surface area (Å²) in [5, 5.41) is 8.49. The second kappa shape index (κ2) is 9.70. The Labute approximate surface area is 170 Å². The molecule has 0 amide bonds. The van der Waals surface area contributed by atoms with Gasteiger partial charge in [0.15, 0.2) is 15.8 Å². The molecule has 10 nitrogen and oxygen atoms in total. The lowest BCUT2D eigenvalue weighted by atomic mass is 10.1. The van der Waals surface area contributed by atoms with Crippen LogP contribution in [0.3, 0.4) is 0 Å². The topological polar surface area (TPSA) is 175 Å². The van der Waals surface area contributed by atoms with E-state index in [9.17, 15) is 18.0 Å². The van der Waals surface area contributed by atoms with Crippen molar-refractivity contribution < 1.29 is 27.5 Å².